The van der Waals surface area contributed by atoms with Crippen LogP contribution in [0.2, 0.25) is 5.02 Å². The molecule has 0 aliphatic carbocycles. The van der Waals surface area contributed by atoms with Gasteiger partial charge in [0.25, 0.3) is 5.91 Å². The predicted octanol–water partition coefficient (Wildman–Crippen LogP) is 4.81. The largest absolute Gasteiger partial charge is 0.417 e. The van der Waals surface area contributed by atoms with Gasteiger partial charge >= 0.3 is 23.9 Å². The molecule has 0 saturated carbocycles. The first kappa shape index (κ1) is 23.4. The number of imide groups is 1. The number of benzene rings is 2. The average molecular weight is 482 g/mol. The molecule has 170 valence electrons. The van der Waals surface area contributed by atoms with Gasteiger partial charge in [-0.1, -0.05) is 23.7 Å². The highest BCUT2D eigenvalue weighted by Crippen LogP contribution is 2.33. The number of carbonyl (C=O) groups is 2. The normalized spacial score (nSPS) is 10.9. The molecular formula is C19H11ClF3N5O5. The van der Waals surface area contributed by atoms with Gasteiger partial charge < -0.3 is 10.1 Å². The molecule has 2 N–H and O–H groups in total. The average Bonchev–Trinajstić information content (AvgIpc) is 2.75. The zero-order valence-electron chi connectivity index (χ0n) is 16.1. The Bertz CT molecular complexity index is 1220. The van der Waals surface area contributed by atoms with Gasteiger partial charge in [-0.3, -0.25) is 20.2 Å². The van der Waals surface area contributed by atoms with Crippen molar-refractivity contribution in [3.8, 4) is 11.8 Å². The van der Waals surface area contributed by atoms with Gasteiger partial charge in [0.2, 0.25) is 5.75 Å². The number of nitrogens with zero attached hydrogens (tertiary/aromatic N) is 3. The van der Waals surface area contributed by atoms with E-state index in [0.717, 1.165) is 24.3 Å². The summed E-state index contributed by atoms with van der Waals surface area (Å²) in [5, 5.41) is 15.5. The molecule has 0 aliphatic rings. The lowest BCUT2D eigenvalue weighted by Gasteiger charge is -2.12. The molecule has 14 heteroatoms. The lowest BCUT2D eigenvalue weighted by atomic mass is 10.1. The smallest absolute Gasteiger partial charge is 0.417 e. The standard InChI is InChI=1S/C19H11ClF3N5O5/c20-10-8-24-18(25-9-10)33-15-6-5-11(7-14(15)28(31)32)26-17(30)27-16(29)12-3-1-2-4-13(12)19(21,22)23/h1-9H,(H2,26,27,29,30). The zero-order chi connectivity index (χ0) is 24.2. The number of urea groups is 1. The summed E-state index contributed by atoms with van der Waals surface area (Å²) >= 11 is 5.66. The molecule has 0 saturated heterocycles. The summed E-state index contributed by atoms with van der Waals surface area (Å²) in [4.78, 5) is 42.3. The molecule has 1 aromatic heterocycles. The second kappa shape index (κ2) is 9.48. The number of aromatic nitrogens is 2. The number of alkyl halides is 3. The van der Waals surface area contributed by atoms with Crippen LogP contribution in [-0.2, 0) is 6.18 Å². The number of rotatable bonds is 5. The van der Waals surface area contributed by atoms with Crippen LogP contribution in [0.4, 0.5) is 29.3 Å². The fourth-order valence-electron chi connectivity index (χ4n) is 2.54. The second-order valence-corrected chi connectivity index (χ2v) is 6.61. The van der Waals surface area contributed by atoms with Crippen molar-refractivity contribution >= 4 is 34.9 Å². The first-order valence-corrected chi connectivity index (χ1v) is 9.15. The lowest BCUT2D eigenvalue weighted by molar-refractivity contribution is -0.385. The van der Waals surface area contributed by atoms with Crippen LogP contribution in [0.3, 0.4) is 0 Å². The Balaban J connectivity index is 1.75. The highest BCUT2D eigenvalue weighted by atomic mass is 35.5. The summed E-state index contributed by atoms with van der Waals surface area (Å²) in [6.45, 7) is 0. The minimum Gasteiger partial charge on any atom is -0.417 e. The van der Waals surface area contributed by atoms with Crippen LogP contribution in [0.1, 0.15) is 15.9 Å². The third-order valence-corrected chi connectivity index (χ3v) is 4.11. The van der Waals surface area contributed by atoms with Gasteiger partial charge in [0.05, 0.1) is 33.5 Å². The number of nitrogens with one attached hydrogen (secondary N) is 2. The van der Waals surface area contributed by atoms with Crippen LogP contribution < -0.4 is 15.4 Å². The molecule has 0 atom stereocenters. The molecule has 0 radical (unpaired) electrons. The zero-order valence-corrected chi connectivity index (χ0v) is 16.8. The summed E-state index contributed by atoms with van der Waals surface area (Å²) in [5.74, 6) is -1.57. The summed E-state index contributed by atoms with van der Waals surface area (Å²) in [6, 6.07) is 5.71. The minimum absolute atomic E-state index is 0.138. The SMILES string of the molecule is O=C(NC(=O)c1ccccc1C(F)(F)F)Nc1ccc(Oc2ncc(Cl)cn2)c([N+](=O)[O-])c1. The molecule has 0 spiro atoms. The van der Waals surface area contributed by atoms with Gasteiger partial charge in [0.1, 0.15) is 0 Å². The van der Waals surface area contributed by atoms with Gasteiger partial charge in [-0.15, -0.1) is 0 Å². The van der Waals surface area contributed by atoms with Crippen molar-refractivity contribution in [3.05, 3.63) is 81.1 Å². The van der Waals surface area contributed by atoms with Gasteiger partial charge in [0.15, 0.2) is 0 Å². The summed E-state index contributed by atoms with van der Waals surface area (Å²) in [7, 11) is 0. The van der Waals surface area contributed by atoms with Crippen LogP contribution in [0, 0.1) is 10.1 Å². The topological polar surface area (TPSA) is 136 Å². The van der Waals surface area contributed by atoms with E-state index in [1.807, 2.05) is 0 Å². The fourth-order valence-corrected chi connectivity index (χ4v) is 2.63. The van der Waals surface area contributed by atoms with E-state index in [1.165, 1.54) is 24.5 Å². The highest BCUT2D eigenvalue weighted by Gasteiger charge is 2.35. The predicted molar refractivity (Wildman–Crippen MR) is 108 cm³/mol. The molecular weight excluding hydrogens is 471 g/mol. The third-order valence-electron chi connectivity index (χ3n) is 3.92. The van der Waals surface area contributed by atoms with Crippen molar-refractivity contribution in [2.45, 2.75) is 6.18 Å². The van der Waals surface area contributed by atoms with Crippen molar-refractivity contribution in [2.75, 3.05) is 5.32 Å². The van der Waals surface area contributed by atoms with E-state index < -0.39 is 39.9 Å². The highest BCUT2D eigenvalue weighted by molar-refractivity contribution is 6.30. The summed E-state index contributed by atoms with van der Waals surface area (Å²) < 4.78 is 44.4. The first-order valence-electron chi connectivity index (χ1n) is 8.77. The van der Waals surface area contributed by atoms with E-state index in [0.29, 0.717) is 6.07 Å². The van der Waals surface area contributed by atoms with Crippen LogP contribution in [0.5, 0.6) is 11.8 Å². The maximum Gasteiger partial charge on any atom is 0.417 e. The Labute approximate surface area is 187 Å². The lowest BCUT2D eigenvalue weighted by Crippen LogP contribution is -2.35. The van der Waals surface area contributed by atoms with Crippen molar-refractivity contribution in [3.63, 3.8) is 0 Å². The molecule has 2 aromatic carbocycles. The van der Waals surface area contributed by atoms with Crippen molar-refractivity contribution in [2.24, 2.45) is 0 Å². The molecule has 33 heavy (non-hydrogen) atoms. The van der Waals surface area contributed by atoms with E-state index in [1.54, 1.807) is 5.32 Å². The molecule has 0 aliphatic heterocycles. The van der Waals surface area contributed by atoms with E-state index in [4.69, 9.17) is 16.3 Å². The van der Waals surface area contributed by atoms with Crippen molar-refractivity contribution in [1.29, 1.82) is 0 Å². The second-order valence-electron chi connectivity index (χ2n) is 6.18. The number of carbonyl (C=O) groups excluding carboxylic acids is 2. The number of ether oxygens (including phenoxy) is 1. The Morgan fingerprint density at radius 1 is 1.09 bits per heavy atom. The number of hydrogen-bond donors (Lipinski definition) is 2. The Hall–Kier alpha value is -4.26. The van der Waals surface area contributed by atoms with Crippen LogP contribution >= 0.6 is 11.6 Å². The number of hydrogen-bond acceptors (Lipinski definition) is 7. The molecule has 3 aromatic rings. The number of anilines is 1. The number of amides is 3. The van der Waals surface area contributed by atoms with Crippen LogP contribution in [0.15, 0.2) is 54.9 Å². The Kier molecular flexibility index (Phi) is 6.72. The molecule has 0 unspecified atom stereocenters. The van der Waals surface area contributed by atoms with E-state index in [-0.39, 0.29) is 22.5 Å². The summed E-state index contributed by atoms with van der Waals surface area (Å²) in [5.41, 5.74) is -2.71. The van der Waals surface area contributed by atoms with Gasteiger partial charge in [-0.05, 0) is 24.3 Å². The molecule has 3 rings (SSSR count). The summed E-state index contributed by atoms with van der Waals surface area (Å²) in [6.07, 6.45) is -2.39. The minimum atomic E-state index is -4.81. The van der Waals surface area contributed by atoms with Crippen molar-refractivity contribution < 1.29 is 32.4 Å². The van der Waals surface area contributed by atoms with E-state index >= 15 is 0 Å². The van der Waals surface area contributed by atoms with Crippen molar-refractivity contribution in [1.82, 2.24) is 15.3 Å². The van der Waals surface area contributed by atoms with Gasteiger partial charge in [-0.2, -0.15) is 13.2 Å². The van der Waals surface area contributed by atoms with Crippen LogP contribution in [0.25, 0.3) is 0 Å². The first-order chi connectivity index (χ1) is 15.5. The van der Waals surface area contributed by atoms with E-state index in [9.17, 15) is 32.9 Å². The molecule has 1 heterocycles. The monoisotopic (exact) mass is 481 g/mol. The Morgan fingerprint density at radius 3 is 2.39 bits per heavy atom. The molecule has 3 amide bonds. The quantitative estimate of drug-likeness (QED) is 0.394. The Morgan fingerprint density at radius 2 is 1.76 bits per heavy atom. The fraction of sp³-hybridized carbons (Fsp3) is 0.0526. The molecule has 0 fully saturated rings. The number of nitro benzene ring substituents is 1. The molecule has 10 nitrogen and oxygen atoms in total. The van der Waals surface area contributed by atoms with Gasteiger partial charge in [-0.25, -0.2) is 14.8 Å². The number of nitro groups is 1. The molecule has 0 bridgehead atoms. The van der Waals surface area contributed by atoms with Crippen LogP contribution in [-0.4, -0.2) is 26.8 Å². The maximum absolute atomic E-state index is 13.1. The van der Waals surface area contributed by atoms with Gasteiger partial charge in [0, 0.05) is 11.8 Å². The van der Waals surface area contributed by atoms with E-state index in [2.05, 4.69) is 15.3 Å². The third kappa shape index (κ3) is 5.92. The maximum atomic E-state index is 13.1. The number of halogens is 4.